The first-order chi connectivity index (χ1) is 3.85. The molecule has 3 heteroatoms. The average Bonchev–Trinajstić information content (AvgIpc) is 1.83. The maximum atomic E-state index is 8.34. The van der Waals surface area contributed by atoms with Crippen LogP contribution in [0, 0.1) is 0 Å². The highest BCUT2D eigenvalue weighted by Gasteiger charge is 1.82. The van der Waals surface area contributed by atoms with E-state index in [1.54, 1.807) is 0 Å². The van der Waals surface area contributed by atoms with Gasteiger partial charge in [0, 0.05) is 0 Å². The normalized spacial score (nSPS) is 6.62. The van der Waals surface area contributed by atoms with Crippen molar-refractivity contribution in [3.63, 3.8) is 0 Å². The lowest BCUT2D eigenvalue weighted by Crippen LogP contribution is -1.81. The summed E-state index contributed by atoms with van der Waals surface area (Å²) < 4.78 is 0. The van der Waals surface area contributed by atoms with Gasteiger partial charge in [0.05, 0.1) is 11.8 Å². The van der Waals surface area contributed by atoms with Crippen molar-refractivity contribution in [1.82, 2.24) is 0 Å². The molecule has 0 saturated carbocycles. The molecule has 0 aromatic rings. The Kier molecular flexibility index (Phi) is 4.04. The highest BCUT2D eigenvalue weighted by Crippen LogP contribution is 1.86. The molecule has 0 unspecified atom stereocenters. The first kappa shape index (κ1) is 7.28. The fourth-order valence-electron chi connectivity index (χ4n) is 0.186. The predicted octanol–water partition coefficient (Wildman–Crippen LogP) is 0.750. The minimum atomic E-state index is -0.187. The van der Waals surface area contributed by atoms with Gasteiger partial charge in [-0.2, -0.15) is 4.99 Å². The van der Waals surface area contributed by atoms with Gasteiger partial charge in [-0.1, -0.05) is 6.58 Å². The highest BCUT2D eigenvalue weighted by atomic mass is 32.1. The maximum Gasteiger partial charge on any atom is 0.118 e. The summed E-state index contributed by atoms with van der Waals surface area (Å²) in [6, 6.07) is 0. The lowest BCUT2D eigenvalue weighted by atomic mass is 10.5. The van der Waals surface area contributed by atoms with Crippen molar-refractivity contribution in [1.29, 1.82) is 0 Å². The molecule has 0 atom stereocenters. The zero-order chi connectivity index (χ0) is 6.41. The van der Waals surface area contributed by atoms with Crippen LogP contribution in [0.5, 0.6) is 0 Å². The van der Waals surface area contributed by atoms with Crippen molar-refractivity contribution in [2.45, 2.75) is 0 Å². The van der Waals surface area contributed by atoms with Crippen molar-refractivity contribution in [3.05, 3.63) is 18.0 Å². The molecule has 0 saturated heterocycles. The van der Waals surface area contributed by atoms with Crippen LogP contribution in [0.4, 0.5) is 0 Å². The first-order valence-electron chi connectivity index (χ1n) is 1.92. The Balaban J connectivity index is 4.13. The van der Waals surface area contributed by atoms with E-state index in [0.29, 0.717) is 5.70 Å². The molecule has 0 radical (unpaired) electrons. The zero-order valence-electron chi connectivity index (χ0n) is 4.22. The zero-order valence-corrected chi connectivity index (χ0v) is 5.03. The van der Waals surface area contributed by atoms with E-state index in [-0.39, 0.29) is 6.61 Å². The number of rotatable bonds is 2. The largest absolute Gasteiger partial charge is 0.389 e. The molecule has 0 aliphatic heterocycles. The third-order valence-corrected chi connectivity index (χ3v) is 0.626. The predicted molar refractivity (Wildman–Crippen MR) is 34.8 cm³/mol. The molecule has 0 heterocycles. The van der Waals surface area contributed by atoms with Crippen LogP contribution in [0.15, 0.2) is 23.0 Å². The van der Waals surface area contributed by atoms with Crippen LogP contribution in [0.1, 0.15) is 0 Å². The topological polar surface area (TPSA) is 32.6 Å². The summed E-state index contributed by atoms with van der Waals surface area (Å²) in [6.07, 6.45) is 0. The minimum Gasteiger partial charge on any atom is -0.389 e. The second kappa shape index (κ2) is 4.44. The van der Waals surface area contributed by atoms with E-state index in [2.05, 4.69) is 34.7 Å². The van der Waals surface area contributed by atoms with Crippen LogP contribution >= 0.6 is 12.2 Å². The van der Waals surface area contributed by atoms with Gasteiger partial charge in [-0.25, -0.2) is 0 Å². The number of nitrogens with zero attached hydrogens (tertiary/aromatic N) is 1. The quantitative estimate of drug-likeness (QED) is 0.337. The van der Waals surface area contributed by atoms with Crippen LogP contribution in [0.25, 0.3) is 0 Å². The summed E-state index contributed by atoms with van der Waals surface area (Å²) in [4.78, 5) is 3.42. The fraction of sp³-hybridized carbons (Fsp3) is 0.200. The van der Waals surface area contributed by atoms with Gasteiger partial charge in [0.2, 0.25) is 0 Å². The van der Waals surface area contributed by atoms with E-state index in [1.165, 1.54) is 0 Å². The fourth-order valence-corrected chi connectivity index (χ4v) is 0.296. The molecule has 8 heavy (non-hydrogen) atoms. The van der Waals surface area contributed by atoms with Gasteiger partial charge < -0.3 is 5.11 Å². The molecule has 0 spiro atoms. The molecule has 0 aliphatic carbocycles. The third-order valence-electron chi connectivity index (χ3n) is 0.534. The summed E-state index contributed by atoms with van der Waals surface area (Å²) in [5.74, 6) is 0. The number of aliphatic hydroxyl groups is 1. The average molecular weight is 127 g/mol. The lowest BCUT2D eigenvalue weighted by molar-refractivity contribution is 0.330. The molecule has 0 rings (SSSR count). The number of isothiocyanates is 1. The van der Waals surface area contributed by atoms with E-state index in [4.69, 9.17) is 5.11 Å². The molecular weight excluding hydrogens is 122 g/mol. The summed E-state index contributed by atoms with van der Waals surface area (Å²) in [7, 11) is 0. The van der Waals surface area contributed by atoms with Crippen molar-refractivity contribution in [2.24, 2.45) is 4.99 Å². The third kappa shape index (κ3) is 2.45. The molecule has 42 valence electrons. The molecular formula is C5H5NOS. The monoisotopic (exact) mass is 127 g/mol. The molecule has 0 bridgehead atoms. The van der Waals surface area contributed by atoms with Crippen LogP contribution in [-0.2, 0) is 0 Å². The molecule has 0 amide bonds. The van der Waals surface area contributed by atoms with E-state index in [1.807, 2.05) is 0 Å². The van der Waals surface area contributed by atoms with Crippen molar-refractivity contribution in [2.75, 3.05) is 6.61 Å². The van der Waals surface area contributed by atoms with Crippen LogP contribution < -0.4 is 0 Å². The number of hydrogen-bond acceptors (Lipinski definition) is 3. The number of thiocarbonyl (C=S) groups is 1. The Morgan fingerprint density at radius 2 is 2.50 bits per heavy atom. The van der Waals surface area contributed by atoms with E-state index in [9.17, 15) is 0 Å². The number of aliphatic imine (C=N–C) groups is 1. The smallest absolute Gasteiger partial charge is 0.118 e. The second-order valence-corrected chi connectivity index (χ2v) is 1.17. The van der Waals surface area contributed by atoms with Crippen LogP contribution in [0.3, 0.4) is 0 Å². The van der Waals surface area contributed by atoms with Gasteiger partial charge in [-0.3, -0.25) is 0 Å². The summed E-state index contributed by atoms with van der Waals surface area (Å²) in [5.41, 5.74) is 2.69. The van der Waals surface area contributed by atoms with Gasteiger partial charge in [-0.15, -0.1) is 5.73 Å². The first-order valence-corrected chi connectivity index (χ1v) is 2.33. The highest BCUT2D eigenvalue weighted by molar-refractivity contribution is 7.78. The van der Waals surface area contributed by atoms with Gasteiger partial charge >= 0.3 is 0 Å². The summed E-state index contributed by atoms with van der Waals surface area (Å²) >= 11 is 4.24. The Bertz CT molecular complexity index is 163. The van der Waals surface area contributed by atoms with Gasteiger partial charge in [0.1, 0.15) is 5.70 Å². The van der Waals surface area contributed by atoms with Gasteiger partial charge in [0.25, 0.3) is 0 Å². The van der Waals surface area contributed by atoms with Gasteiger partial charge in [-0.05, 0) is 12.2 Å². The summed E-state index contributed by atoms with van der Waals surface area (Å²) in [6.45, 7) is 3.06. The van der Waals surface area contributed by atoms with Gasteiger partial charge in [0.15, 0.2) is 0 Å². The Morgan fingerprint density at radius 3 is 2.62 bits per heavy atom. The maximum absolute atomic E-state index is 8.34. The van der Waals surface area contributed by atoms with Crippen LogP contribution in [-0.4, -0.2) is 16.9 Å². The second-order valence-electron chi connectivity index (χ2n) is 0.985. The van der Waals surface area contributed by atoms with E-state index in [0.717, 1.165) is 0 Å². The molecule has 0 aromatic heterocycles. The Labute approximate surface area is 52.9 Å². The standard InChI is InChI=1S/C5H5NOS/c1-2-5(3-7)6-4-8/h7H,1,3H2. The molecule has 0 aliphatic rings. The molecule has 0 fully saturated rings. The van der Waals surface area contributed by atoms with E-state index < -0.39 is 0 Å². The Hall–Kier alpha value is -0.720. The number of hydrogen-bond donors (Lipinski definition) is 1. The van der Waals surface area contributed by atoms with Crippen LogP contribution in [0.2, 0.25) is 0 Å². The van der Waals surface area contributed by atoms with Crippen molar-refractivity contribution >= 4 is 17.4 Å². The lowest BCUT2D eigenvalue weighted by Gasteiger charge is -1.82. The van der Waals surface area contributed by atoms with Crippen molar-refractivity contribution < 1.29 is 5.11 Å². The van der Waals surface area contributed by atoms with E-state index >= 15 is 0 Å². The Morgan fingerprint density at radius 1 is 1.88 bits per heavy atom. The SMILES string of the molecule is C=C=C(CO)N=C=S. The molecule has 1 N–H and O–H groups in total. The molecule has 2 nitrogen and oxygen atoms in total. The number of aliphatic hydroxyl groups excluding tert-OH is 1. The summed E-state index contributed by atoms with van der Waals surface area (Å²) in [5, 5.41) is 10.4. The van der Waals surface area contributed by atoms with Crippen molar-refractivity contribution in [3.8, 4) is 0 Å². The molecule has 0 aromatic carbocycles. The minimum absolute atomic E-state index is 0.187.